The Kier molecular flexibility index (Phi) is 5.14. The SMILES string of the molecule is CC(C)(C)[Si](C)(C)OCC(CN)c1ccccc1. The molecule has 0 saturated carbocycles. The predicted octanol–water partition coefficient (Wildman–Crippen LogP) is 3.75. The maximum Gasteiger partial charge on any atom is 0.192 e. The van der Waals surface area contributed by atoms with Gasteiger partial charge in [0.1, 0.15) is 0 Å². The molecule has 0 spiro atoms. The van der Waals surface area contributed by atoms with E-state index >= 15 is 0 Å². The van der Waals surface area contributed by atoms with Crippen molar-refractivity contribution in [3.8, 4) is 0 Å². The molecule has 0 aliphatic carbocycles. The molecule has 0 aromatic heterocycles. The highest BCUT2D eigenvalue weighted by Gasteiger charge is 2.37. The average molecular weight is 265 g/mol. The summed E-state index contributed by atoms with van der Waals surface area (Å²) in [6.45, 7) is 12.7. The van der Waals surface area contributed by atoms with Gasteiger partial charge in [0.05, 0.1) is 0 Å². The summed E-state index contributed by atoms with van der Waals surface area (Å²) < 4.78 is 6.26. The maximum atomic E-state index is 6.26. The van der Waals surface area contributed by atoms with Crippen LogP contribution in [0.1, 0.15) is 32.3 Å². The first-order chi connectivity index (χ1) is 8.28. The summed E-state index contributed by atoms with van der Waals surface area (Å²) in [5, 5.41) is 0.253. The van der Waals surface area contributed by atoms with E-state index in [-0.39, 0.29) is 5.04 Å². The van der Waals surface area contributed by atoms with Crippen LogP contribution in [0.2, 0.25) is 18.1 Å². The van der Waals surface area contributed by atoms with Gasteiger partial charge in [0.25, 0.3) is 0 Å². The minimum absolute atomic E-state index is 0.253. The van der Waals surface area contributed by atoms with E-state index in [2.05, 4.69) is 58.1 Å². The molecule has 2 N–H and O–H groups in total. The second-order valence-electron chi connectivity index (χ2n) is 6.41. The molecule has 0 heterocycles. The van der Waals surface area contributed by atoms with Gasteiger partial charge in [-0.2, -0.15) is 0 Å². The molecule has 1 rings (SSSR count). The Balaban J connectivity index is 2.67. The highest BCUT2D eigenvalue weighted by atomic mass is 28.4. The smallest absolute Gasteiger partial charge is 0.192 e. The zero-order valence-corrected chi connectivity index (χ0v) is 13.4. The lowest BCUT2D eigenvalue weighted by Gasteiger charge is -2.37. The summed E-state index contributed by atoms with van der Waals surface area (Å²) in [6.07, 6.45) is 0. The highest BCUT2D eigenvalue weighted by Crippen LogP contribution is 2.37. The van der Waals surface area contributed by atoms with Gasteiger partial charge in [-0.25, -0.2) is 0 Å². The molecule has 0 fully saturated rings. The first-order valence-electron chi connectivity index (χ1n) is 6.67. The van der Waals surface area contributed by atoms with E-state index < -0.39 is 8.32 Å². The standard InChI is InChI=1S/C15H27NOSi/c1-15(2,3)18(4,5)17-12-14(11-16)13-9-7-6-8-10-13/h6-10,14H,11-12,16H2,1-5H3. The third-order valence-corrected chi connectivity index (χ3v) is 8.51. The average Bonchev–Trinajstić information content (AvgIpc) is 2.29. The van der Waals surface area contributed by atoms with Gasteiger partial charge in [-0.15, -0.1) is 0 Å². The van der Waals surface area contributed by atoms with Crippen LogP contribution in [0, 0.1) is 0 Å². The van der Waals surface area contributed by atoms with Crippen molar-refractivity contribution >= 4 is 8.32 Å². The lowest BCUT2D eigenvalue weighted by atomic mass is 10.0. The molecule has 0 amide bonds. The van der Waals surface area contributed by atoms with Gasteiger partial charge in [0.15, 0.2) is 8.32 Å². The van der Waals surface area contributed by atoms with E-state index in [1.807, 2.05) is 6.07 Å². The second kappa shape index (κ2) is 6.00. The number of benzene rings is 1. The molecule has 1 unspecified atom stereocenters. The Bertz CT molecular complexity index is 357. The fourth-order valence-corrected chi connectivity index (χ4v) is 2.60. The van der Waals surface area contributed by atoms with Crippen LogP contribution in [-0.4, -0.2) is 21.5 Å². The van der Waals surface area contributed by atoms with Crippen LogP contribution >= 0.6 is 0 Å². The molecule has 0 radical (unpaired) electrons. The predicted molar refractivity (Wildman–Crippen MR) is 81.4 cm³/mol. The summed E-state index contributed by atoms with van der Waals surface area (Å²) in [7, 11) is -1.67. The molecule has 2 nitrogen and oxygen atoms in total. The molecule has 1 aromatic carbocycles. The first kappa shape index (κ1) is 15.4. The van der Waals surface area contributed by atoms with Gasteiger partial charge >= 0.3 is 0 Å². The first-order valence-corrected chi connectivity index (χ1v) is 9.58. The van der Waals surface area contributed by atoms with E-state index in [9.17, 15) is 0 Å². The normalized spacial score (nSPS) is 14.6. The topological polar surface area (TPSA) is 35.2 Å². The van der Waals surface area contributed by atoms with Crippen molar-refractivity contribution in [2.24, 2.45) is 5.73 Å². The third kappa shape index (κ3) is 3.94. The number of hydrogen-bond acceptors (Lipinski definition) is 2. The van der Waals surface area contributed by atoms with Crippen LogP contribution in [0.25, 0.3) is 0 Å². The number of nitrogens with two attached hydrogens (primary N) is 1. The zero-order chi connectivity index (χ0) is 13.8. The Morgan fingerprint density at radius 3 is 2.17 bits per heavy atom. The minimum Gasteiger partial charge on any atom is -0.416 e. The van der Waals surface area contributed by atoms with Gasteiger partial charge in [0.2, 0.25) is 0 Å². The summed E-state index contributed by atoms with van der Waals surface area (Å²) in [6, 6.07) is 10.4. The van der Waals surface area contributed by atoms with Crippen LogP contribution in [-0.2, 0) is 4.43 Å². The largest absolute Gasteiger partial charge is 0.416 e. The quantitative estimate of drug-likeness (QED) is 0.823. The van der Waals surface area contributed by atoms with Gasteiger partial charge in [-0.05, 0) is 23.7 Å². The van der Waals surface area contributed by atoms with E-state index in [4.69, 9.17) is 10.2 Å². The molecule has 0 bridgehead atoms. The molecule has 3 heteroatoms. The van der Waals surface area contributed by atoms with Crippen LogP contribution < -0.4 is 5.73 Å². The minimum atomic E-state index is -1.67. The molecule has 1 atom stereocenters. The Labute approximate surface area is 113 Å². The van der Waals surface area contributed by atoms with Crippen molar-refractivity contribution in [1.29, 1.82) is 0 Å². The highest BCUT2D eigenvalue weighted by molar-refractivity contribution is 6.74. The van der Waals surface area contributed by atoms with Gasteiger partial charge in [0, 0.05) is 19.1 Å². The summed E-state index contributed by atoms with van der Waals surface area (Å²) in [5.41, 5.74) is 7.16. The van der Waals surface area contributed by atoms with Gasteiger partial charge in [-0.3, -0.25) is 0 Å². The third-order valence-electron chi connectivity index (χ3n) is 4.01. The number of hydrogen-bond donors (Lipinski definition) is 1. The van der Waals surface area contributed by atoms with Gasteiger partial charge in [-0.1, -0.05) is 51.1 Å². The van der Waals surface area contributed by atoms with Crippen molar-refractivity contribution < 1.29 is 4.43 Å². The second-order valence-corrected chi connectivity index (χ2v) is 11.2. The monoisotopic (exact) mass is 265 g/mol. The van der Waals surface area contributed by atoms with E-state index in [1.165, 1.54) is 5.56 Å². The van der Waals surface area contributed by atoms with Crippen molar-refractivity contribution in [2.75, 3.05) is 13.2 Å². The van der Waals surface area contributed by atoms with Gasteiger partial charge < -0.3 is 10.2 Å². The van der Waals surface area contributed by atoms with E-state index in [1.54, 1.807) is 0 Å². The van der Waals surface area contributed by atoms with E-state index in [0.29, 0.717) is 12.5 Å². The van der Waals surface area contributed by atoms with Crippen LogP contribution in [0.3, 0.4) is 0 Å². The molecule has 102 valence electrons. The zero-order valence-electron chi connectivity index (χ0n) is 12.4. The van der Waals surface area contributed by atoms with Crippen molar-refractivity contribution in [1.82, 2.24) is 0 Å². The van der Waals surface area contributed by atoms with Crippen LogP contribution in [0.15, 0.2) is 30.3 Å². The summed E-state index contributed by atoms with van der Waals surface area (Å²) in [5.74, 6) is 0.306. The Morgan fingerprint density at radius 2 is 1.72 bits per heavy atom. The fraction of sp³-hybridized carbons (Fsp3) is 0.600. The Morgan fingerprint density at radius 1 is 1.17 bits per heavy atom. The van der Waals surface area contributed by atoms with Crippen LogP contribution in [0.4, 0.5) is 0 Å². The fourth-order valence-electron chi connectivity index (χ4n) is 1.55. The molecule has 0 aliphatic heterocycles. The molecular weight excluding hydrogens is 238 g/mol. The van der Waals surface area contributed by atoms with Crippen LogP contribution in [0.5, 0.6) is 0 Å². The summed E-state index contributed by atoms with van der Waals surface area (Å²) >= 11 is 0. The summed E-state index contributed by atoms with van der Waals surface area (Å²) in [4.78, 5) is 0. The lowest BCUT2D eigenvalue weighted by Crippen LogP contribution is -2.42. The van der Waals surface area contributed by atoms with E-state index in [0.717, 1.165) is 6.61 Å². The molecule has 0 saturated heterocycles. The maximum absolute atomic E-state index is 6.26. The Hall–Kier alpha value is -0.643. The number of rotatable bonds is 5. The van der Waals surface area contributed by atoms with Crippen molar-refractivity contribution in [2.45, 2.75) is 44.8 Å². The van der Waals surface area contributed by atoms with Crippen molar-refractivity contribution in [3.05, 3.63) is 35.9 Å². The molecule has 0 aliphatic rings. The van der Waals surface area contributed by atoms with Crippen molar-refractivity contribution in [3.63, 3.8) is 0 Å². The lowest BCUT2D eigenvalue weighted by molar-refractivity contribution is 0.264. The molecular formula is C15H27NOSi. The molecule has 1 aromatic rings. The molecule has 18 heavy (non-hydrogen) atoms.